The third-order valence-electron chi connectivity index (χ3n) is 9.02. The number of para-hydroxylation sites is 1. The van der Waals surface area contributed by atoms with E-state index in [1.54, 1.807) is 6.20 Å². The highest BCUT2D eigenvalue weighted by atomic mass is 16.3. The van der Waals surface area contributed by atoms with Crippen LogP contribution in [-0.2, 0) is 0 Å². The Morgan fingerprint density at radius 3 is 1.96 bits per heavy atom. The molecule has 4 heterocycles. The molecule has 0 aliphatic heterocycles. The fourth-order valence-electron chi connectivity index (χ4n) is 6.84. The largest absolute Gasteiger partial charge is 0.456 e. The van der Waals surface area contributed by atoms with Crippen molar-refractivity contribution in [1.82, 2.24) is 19.9 Å². The molecule has 0 N–H and O–H groups in total. The van der Waals surface area contributed by atoms with Crippen molar-refractivity contribution in [3.63, 3.8) is 0 Å². The van der Waals surface area contributed by atoms with Gasteiger partial charge in [0.15, 0.2) is 17.5 Å². The van der Waals surface area contributed by atoms with Crippen LogP contribution >= 0.6 is 0 Å². The minimum absolute atomic E-state index is 0.594. The summed E-state index contributed by atoms with van der Waals surface area (Å²) in [6, 6.07) is 47.2. The van der Waals surface area contributed by atoms with Crippen molar-refractivity contribution in [3.05, 3.63) is 146 Å². The second-order valence-electron chi connectivity index (χ2n) is 11.8. The standard InChI is InChI=1S/C42H24N4O2/c1-2-10-25(11-3-1)39-44-40(46-41(45-39)32-16-8-19-35-38(32)31-13-4-5-18-34(31)47-35)30-15-6-12-26-24-27(21-22-28(26)30)29-14-7-20-36-37(29)33-17-9-23-43-42(33)48-36/h1-24H. The number of benzene rings is 6. The summed E-state index contributed by atoms with van der Waals surface area (Å²) in [5.74, 6) is 1.81. The lowest BCUT2D eigenvalue weighted by atomic mass is 9.95. The summed E-state index contributed by atoms with van der Waals surface area (Å²) in [7, 11) is 0. The van der Waals surface area contributed by atoms with E-state index in [0.29, 0.717) is 23.2 Å². The molecule has 0 saturated heterocycles. The van der Waals surface area contributed by atoms with Crippen molar-refractivity contribution >= 4 is 54.8 Å². The van der Waals surface area contributed by atoms with Crippen molar-refractivity contribution in [1.29, 1.82) is 0 Å². The van der Waals surface area contributed by atoms with E-state index in [9.17, 15) is 0 Å². The fourth-order valence-corrected chi connectivity index (χ4v) is 6.84. The summed E-state index contributed by atoms with van der Waals surface area (Å²) in [4.78, 5) is 19.7. The number of hydrogen-bond donors (Lipinski definition) is 0. The van der Waals surface area contributed by atoms with Crippen molar-refractivity contribution in [2.45, 2.75) is 0 Å². The first kappa shape index (κ1) is 26.5. The van der Waals surface area contributed by atoms with Crippen LogP contribution in [0.3, 0.4) is 0 Å². The van der Waals surface area contributed by atoms with E-state index in [1.165, 1.54) is 0 Å². The van der Waals surface area contributed by atoms with Crippen molar-refractivity contribution < 1.29 is 8.83 Å². The first-order chi connectivity index (χ1) is 23.8. The fraction of sp³-hybridized carbons (Fsp3) is 0. The number of fused-ring (bicyclic) bond motifs is 7. The molecular weight excluding hydrogens is 592 g/mol. The predicted octanol–water partition coefficient (Wildman–Crippen LogP) is 10.9. The minimum atomic E-state index is 0.594. The predicted molar refractivity (Wildman–Crippen MR) is 191 cm³/mol. The molecular formula is C42H24N4O2. The van der Waals surface area contributed by atoms with Crippen LogP contribution in [0.5, 0.6) is 0 Å². The lowest BCUT2D eigenvalue weighted by Crippen LogP contribution is -2.00. The number of rotatable bonds is 4. The molecule has 0 saturated carbocycles. The molecule has 0 radical (unpaired) electrons. The number of hydrogen-bond acceptors (Lipinski definition) is 6. The molecule has 0 atom stereocenters. The third-order valence-corrected chi connectivity index (χ3v) is 9.02. The van der Waals surface area contributed by atoms with Gasteiger partial charge in [-0.05, 0) is 58.3 Å². The second kappa shape index (κ2) is 10.4. The number of furan rings is 2. The van der Waals surface area contributed by atoms with Gasteiger partial charge in [0.1, 0.15) is 16.7 Å². The van der Waals surface area contributed by atoms with Gasteiger partial charge in [0.05, 0.1) is 0 Å². The Morgan fingerprint density at radius 1 is 0.396 bits per heavy atom. The van der Waals surface area contributed by atoms with E-state index in [-0.39, 0.29) is 0 Å². The van der Waals surface area contributed by atoms with E-state index in [1.807, 2.05) is 78.9 Å². The van der Waals surface area contributed by atoms with Crippen LogP contribution in [0, 0.1) is 0 Å². The van der Waals surface area contributed by atoms with Crippen LogP contribution in [-0.4, -0.2) is 19.9 Å². The van der Waals surface area contributed by atoms with Crippen molar-refractivity contribution in [3.8, 4) is 45.3 Å². The van der Waals surface area contributed by atoms with Gasteiger partial charge in [-0.25, -0.2) is 19.9 Å². The maximum Gasteiger partial charge on any atom is 0.227 e. The SMILES string of the molecule is c1ccc(-c2nc(-c3cccc4cc(-c5cccc6oc7ncccc7c56)ccc34)nc(-c3cccc4oc5ccccc5c34)n2)cc1. The highest BCUT2D eigenvalue weighted by molar-refractivity contribution is 6.13. The zero-order valence-electron chi connectivity index (χ0n) is 25.5. The molecule has 0 bridgehead atoms. The summed E-state index contributed by atoms with van der Waals surface area (Å²) in [6.45, 7) is 0. The van der Waals surface area contributed by atoms with Gasteiger partial charge in [-0.1, -0.05) is 103 Å². The Morgan fingerprint density at radius 2 is 1.06 bits per heavy atom. The zero-order valence-corrected chi connectivity index (χ0v) is 25.5. The minimum Gasteiger partial charge on any atom is -0.456 e. The Balaban J connectivity index is 1.18. The van der Waals surface area contributed by atoms with Crippen molar-refractivity contribution in [2.75, 3.05) is 0 Å². The van der Waals surface area contributed by atoms with Gasteiger partial charge in [-0.2, -0.15) is 0 Å². The monoisotopic (exact) mass is 616 g/mol. The van der Waals surface area contributed by atoms with Gasteiger partial charge < -0.3 is 8.83 Å². The van der Waals surface area contributed by atoms with Crippen LogP contribution < -0.4 is 0 Å². The normalized spacial score (nSPS) is 11.8. The van der Waals surface area contributed by atoms with E-state index in [2.05, 4.69) is 65.6 Å². The van der Waals surface area contributed by atoms with Crippen LogP contribution in [0.1, 0.15) is 0 Å². The molecule has 0 aliphatic rings. The third kappa shape index (κ3) is 4.13. The molecule has 0 spiro atoms. The summed E-state index contributed by atoms with van der Waals surface area (Å²) < 4.78 is 12.3. The van der Waals surface area contributed by atoms with E-state index < -0.39 is 0 Å². The molecule has 0 amide bonds. The van der Waals surface area contributed by atoms with Gasteiger partial charge in [0.25, 0.3) is 0 Å². The molecule has 10 rings (SSSR count). The topological polar surface area (TPSA) is 77.8 Å². The smallest absolute Gasteiger partial charge is 0.227 e. The molecule has 48 heavy (non-hydrogen) atoms. The van der Waals surface area contributed by atoms with Gasteiger partial charge >= 0.3 is 0 Å². The Bertz CT molecular complexity index is 2850. The highest BCUT2D eigenvalue weighted by Crippen LogP contribution is 2.39. The molecule has 6 nitrogen and oxygen atoms in total. The zero-order chi connectivity index (χ0) is 31.6. The van der Waals surface area contributed by atoms with Crippen LogP contribution in [0.2, 0.25) is 0 Å². The first-order valence-electron chi connectivity index (χ1n) is 15.8. The molecule has 0 aliphatic carbocycles. The van der Waals surface area contributed by atoms with Crippen LogP contribution in [0.4, 0.5) is 0 Å². The maximum atomic E-state index is 6.21. The lowest BCUT2D eigenvalue weighted by molar-refractivity contribution is 0.654. The van der Waals surface area contributed by atoms with E-state index in [4.69, 9.17) is 23.8 Å². The maximum absolute atomic E-state index is 6.21. The number of aromatic nitrogens is 4. The van der Waals surface area contributed by atoms with Gasteiger partial charge in [-0.15, -0.1) is 0 Å². The van der Waals surface area contributed by atoms with Gasteiger partial charge in [0, 0.05) is 44.4 Å². The summed E-state index contributed by atoms with van der Waals surface area (Å²) in [6.07, 6.45) is 1.76. The molecule has 6 aromatic carbocycles. The number of nitrogens with zero attached hydrogens (tertiary/aromatic N) is 4. The van der Waals surface area contributed by atoms with Crippen LogP contribution in [0.25, 0.3) is 100 Å². The van der Waals surface area contributed by atoms with Crippen molar-refractivity contribution in [2.24, 2.45) is 0 Å². The van der Waals surface area contributed by atoms with Gasteiger partial charge in [-0.3, -0.25) is 0 Å². The van der Waals surface area contributed by atoms with Gasteiger partial charge in [0.2, 0.25) is 5.71 Å². The number of pyridine rings is 1. The Kier molecular flexibility index (Phi) is 5.77. The molecule has 224 valence electrons. The summed E-state index contributed by atoms with van der Waals surface area (Å²) in [5, 5.41) is 6.22. The Hall–Kier alpha value is -6.66. The summed E-state index contributed by atoms with van der Waals surface area (Å²) in [5.41, 5.74) is 8.03. The molecule has 6 heteroatoms. The Labute approximate surface area is 274 Å². The average molecular weight is 617 g/mol. The molecule has 4 aromatic heterocycles. The quantitative estimate of drug-likeness (QED) is 0.196. The highest BCUT2D eigenvalue weighted by Gasteiger charge is 2.19. The van der Waals surface area contributed by atoms with Crippen LogP contribution in [0.15, 0.2) is 155 Å². The molecule has 0 fully saturated rings. The second-order valence-corrected chi connectivity index (χ2v) is 11.8. The van der Waals surface area contributed by atoms with E-state index in [0.717, 1.165) is 76.9 Å². The first-order valence-corrected chi connectivity index (χ1v) is 15.8. The molecule has 0 unspecified atom stereocenters. The average Bonchev–Trinajstić information content (AvgIpc) is 3.73. The summed E-state index contributed by atoms with van der Waals surface area (Å²) >= 11 is 0. The molecule has 10 aromatic rings. The lowest BCUT2D eigenvalue weighted by Gasteiger charge is -2.12. The van der Waals surface area contributed by atoms with E-state index >= 15 is 0 Å².